The molecule has 1 atom stereocenters. The van der Waals surface area contributed by atoms with E-state index in [1.54, 1.807) is 0 Å². The van der Waals surface area contributed by atoms with Gasteiger partial charge in [-0.15, -0.1) is 11.3 Å². The largest absolute Gasteiger partial charge is 0.336 e. The highest BCUT2D eigenvalue weighted by Gasteiger charge is 2.27. The zero-order valence-electron chi connectivity index (χ0n) is 10.5. The molecular formula is C13H18N4S. The van der Waals surface area contributed by atoms with Crippen molar-refractivity contribution in [2.45, 2.75) is 6.04 Å². The minimum absolute atomic E-state index is 0.298. The van der Waals surface area contributed by atoms with E-state index in [0.29, 0.717) is 6.04 Å². The van der Waals surface area contributed by atoms with E-state index in [2.05, 4.69) is 44.3 Å². The molecule has 0 amide bonds. The fourth-order valence-electron chi connectivity index (χ4n) is 2.50. The van der Waals surface area contributed by atoms with Crippen LogP contribution in [0.4, 0.5) is 0 Å². The Morgan fingerprint density at radius 1 is 1.39 bits per heavy atom. The fraction of sp³-hybridized carbons (Fsp3) is 0.462. The minimum Gasteiger partial charge on any atom is -0.336 e. The van der Waals surface area contributed by atoms with Crippen molar-refractivity contribution in [1.82, 2.24) is 19.8 Å². The number of hydrogen-bond donors (Lipinski definition) is 1. The van der Waals surface area contributed by atoms with E-state index in [0.717, 1.165) is 32.0 Å². The summed E-state index contributed by atoms with van der Waals surface area (Å²) in [6.45, 7) is 4.28. The van der Waals surface area contributed by atoms with Crippen molar-refractivity contribution < 1.29 is 0 Å². The lowest BCUT2D eigenvalue weighted by Gasteiger charge is -2.34. The van der Waals surface area contributed by atoms with E-state index in [-0.39, 0.29) is 0 Å². The summed E-state index contributed by atoms with van der Waals surface area (Å²) in [7, 11) is 2.07. The predicted octanol–water partition coefficient (Wildman–Crippen LogP) is 1.48. The van der Waals surface area contributed by atoms with Crippen molar-refractivity contribution in [3.05, 3.63) is 40.6 Å². The topological polar surface area (TPSA) is 33.1 Å². The highest BCUT2D eigenvalue weighted by molar-refractivity contribution is 7.10. The first-order chi connectivity index (χ1) is 8.86. The van der Waals surface area contributed by atoms with Gasteiger partial charge in [-0.05, 0) is 11.4 Å². The number of nitrogens with one attached hydrogen (secondary N) is 1. The SMILES string of the molecule is Cn1ccnc1C(c1cccs1)N1CCNCC1. The van der Waals surface area contributed by atoms with Gasteiger partial charge in [0.1, 0.15) is 11.9 Å². The Balaban J connectivity index is 1.96. The second kappa shape index (κ2) is 5.22. The average molecular weight is 262 g/mol. The molecule has 1 aliphatic heterocycles. The normalized spacial score (nSPS) is 18.9. The maximum Gasteiger partial charge on any atom is 0.131 e. The molecule has 5 heteroatoms. The standard InChI is InChI=1S/C13H18N4S/c1-16-7-6-15-13(16)12(11-3-2-10-18-11)17-8-4-14-5-9-17/h2-3,6-7,10,12,14H,4-5,8-9H2,1H3. The Hall–Kier alpha value is -1.17. The van der Waals surface area contributed by atoms with Gasteiger partial charge in [0.05, 0.1) is 0 Å². The first-order valence-electron chi connectivity index (χ1n) is 6.31. The number of hydrogen-bond acceptors (Lipinski definition) is 4. The smallest absolute Gasteiger partial charge is 0.131 e. The van der Waals surface area contributed by atoms with Crippen LogP contribution in [0.1, 0.15) is 16.7 Å². The first-order valence-corrected chi connectivity index (χ1v) is 7.19. The molecule has 96 valence electrons. The van der Waals surface area contributed by atoms with E-state index in [4.69, 9.17) is 0 Å². The van der Waals surface area contributed by atoms with Crippen molar-refractivity contribution in [3.63, 3.8) is 0 Å². The molecule has 3 heterocycles. The van der Waals surface area contributed by atoms with E-state index >= 15 is 0 Å². The number of aromatic nitrogens is 2. The molecule has 0 saturated carbocycles. The summed E-state index contributed by atoms with van der Waals surface area (Å²) in [5.74, 6) is 1.14. The molecule has 1 saturated heterocycles. The van der Waals surface area contributed by atoms with E-state index in [9.17, 15) is 0 Å². The van der Waals surface area contributed by atoms with Crippen LogP contribution in [0.25, 0.3) is 0 Å². The average Bonchev–Trinajstić information content (AvgIpc) is 3.05. The maximum absolute atomic E-state index is 4.55. The second-order valence-corrected chi connectivity index (χ2v) is 5.58. The van der Waals surface area contributed by atoms with Crippen molar-refractivity contribution in [2.24, 2.45) is 7.05 Å². The monoisotopic (exact) mass is 262 g/mol. The minimum atomic E-state index is 0.298. The summed E-state index contributed by atoms with van der Waals surface area (Å²) < 4.78 is 2.13. The quantitative estimate of drug-likeness (QED) is 0.909. The fourth-order valence-corrected chi connectivity index (χ4v) is 3.35. The summed E-state index contributed by atoms with van der Waals surface area (Å²) >= 11 is 1.82. The third-order valence-corrected chi connectivity index (χ3v) is 4.36. The van der Waals surface area contributed by atoms with Crippen molar-refractivity contribution in [2.75, 3.05) is 26.2 Å². The lowest BCUT2D eigenvalue weighted by atomic mass is 10.1. The van der Waals surface area contributed by atoms with Gasteiger partial charge >= 0.3 is 0 Å². The molecule has 3 rings (SSSR count). The van der Waals surface area contributed by atoms with Crippen molar-refractivity contribution >= 4 is 11.3 Å². The van der Waals surface area contributed by atoms with Gasteiger partial charge in [0.25, 0.3) is 0 Å². The third kappa shape index (κ3) is 2.21. The predicted molar refractivity (Wildman–Crippen MR) is 73.8 cm³/mol. The zero-order valence-corrected chi connectivity index (χ0v) is 11.4. The van der Waals surface area contributed by atoms with Crippen LogP contribution in [0.2, 0.25) is 0 Å². The highest BCUT2D eigenvalue weighted by Crippen LogP contribution is 2.30. The van der Waals surface area contributed by atoms with Crippen LogP contribution < -0.4 is 5.32 Å². The van der Waals surface area contributed by atoms with Gasteiger partial charge in [0, 0.05) is 50.5 Å². The molecule has 0 aliphatic carbocycles. The van der Waals surface area contributed by atoms with Crippen LogP contribution in [0.5, 0.6) is 0 Å². The lowest BCUT2D eigenvalue weighted by molar-refractivity contribution is 0.192. The molecule has 1 aliphatic rings. The number of rotatable bonds is 3. The summed E-state index contributed by atoms with van der Waals surface area (Å²) in [4.78, 5) is 8.45. The van der Waals surface area contributed by atoms with Crippen molar-refractivity contribution in [3.8, 4) is 0 Å². The molecule has 1 fully saturated rings. The maximum atomic E-state index is 4.55. The molecule has 4 nitrogen and oxygen atoms in total. The number of aryl methyl sites for hydroxylation is 1. The van der Waals surface area contributed by atoms with Crippen LogP contribution in [-0.4, -0.2) is 40.6 Å². The van der Waals surface area contributed by atoms with E-state index < -0.39 is 0 Å². The molecule has 1 unspecified atom stereocenters. The Morgan fingerprint density at radius 3 is 2.83 bits per heavy atom. The van der Waals surface area contributed by atoms with Gasteiger partial charge in [-0.3, -0.25) is 4.90 Å². The summed E-state index contributed by atoms with van der Waals surface area (Å²) in [6.07, 6.45) is 3.91. The summed E-state index contributed by atoms with van der Waals surface area (Å²) in [6, 6.07) is 4.64. The van der Waals surface area contributed by atoms with Crippen LogP contribution in [-0.2, 0) is 7.05 Å². The Bertz CT molecular complexity index is 485. The Morgan fingerprint density at radius 2 is 2.22 bits per heavy atom. The van der Waals surface area contributed by atoms with Crippen LogP contribution in [0, 0.1) is 0 Å². The molecule has 0 bridgehead atoms. The molecule has 1 N–H and O–H groups in total. The van der Waals surface area contributed by atoms with E-state index in [1.165, 1.54) is 4.88 Å². The summed E-state index contributed by atoms with van der Waals surface area (Å²) in [5.41, 5.74) is 0. The molecule has 2 aromatic heterocycles. The van der Waals surface area contributed by atoms with Gasteiger partial charge in [-0.1, -0.05) is 6.07 Å². The molecule has 0 aromatic carbocycles. The van der Waals surface area contributed by atoms with Gasteiger partial charge in [-0.2, -0.15) is 0 Å². The number of thiophene rings is 1. The molecular weight excluding hydrogens is 244 g/mol. The third-order valence-electron chi connectivity index (χ3n) is 3.43. The first kappa shape index (κ1) is 11.9. The van der Waals surface area contributed by atoms with Crippen molar-refractivity contribution in [1.29, 1.82) is 0 Å². The number of imidazole rings is 1. The number of piperazine rings is 1. The second-order valence-electron chi connectivity index (χ2n) is 4.60. The van der Waals surface area contributed by atoms with Crippen LogP contribution in [0.15, 0.2) is 29.9 Å². The lowest BCUT2D eigenvalue weighted by Crippen LogP contribution is -2.45. The molecule has 18 heavy (non-hydrogen) atoms. The summed E-state index contributed by atoms with van der Waals surface area (Å²) in [5, 5.41) is 5.56. The molecule has 0 spiro atoms. The van der Waals surface area contributed by atoms with Crippen LogP contribution >= 0.6 is 11.3 Å². The van der Waals surface area contributed by atoms with Gasteiger partial charge in [-0.25, -0.2) is 4.98 Å². The molecule has 0 radical (unpaired) electrons. The van der Waals surface area contributed by atoms with Gasteiger partial charge < -0.3 is 9.88 Å². The van der Waals surface area contributed by atoms with Crippen LogP contribution in [0.3, 0.4) is 0 Å². The van der Waals surface area contributed by atoms with Gasteiger partial charge in [0.15, 0.2) is 0 Å². The highest BCUT2D eigenvalue weighted by atomic mass is 32.1. The van der Waals surface area contributed by atoms with E-state index in [1.807, 2.05) is 23.7 Å². The number of nitrogens with zero attached hydrogens (tertiary/aromatic N) is 3. The molecule has 2 aromatic rings. The zero-order chi connectivity index (χ0) is 12.4. The Kier molecular flexibility index (Phi) is 3.45. The Labute approximate surface area is 111 Å². The van der Waals surface area contributed by atoms with Gasteiger partial charge in [0.2, 0.25) is 0 Å².